The van der Waals surface area contributed by atoms with Gasteiger partial charge in [-0.1, -0.05) is 0 Å². The summed E-state index contributed by atoms with van der Waals surface area (Å²) in [6, 6.07) is -4.93. The molecule has 31 heavy (non-hydrogen) atoms. The molecule has 0 fully saturated rings. The molecule has 0 aliphatic carbocycles. The van der Waals surface area contributed by atoms with Crippen LogP contribution in [0, 0.1) is 0 Å². The molecule has 11 N–H and O–H groups in total. The largest absolute Gasteiger partial charge is 0.481 e. The highest BCUT2D eigenvalue weighted by atomic mass is 32.1. The van der Waals surface area contributed by atoms with Crippen molar-refractivity contribution in [2.45, 2.75) is 50.4 Å². The first-order valence-corrected chi connectivity index (χ1v) is 9.79. The molecule has 0 rings (SSSR count). The third-order valence-corrected chi connectivity index (χ3v) is 4.22. The second-order valence-corrected chi connectivity index (χ2v) is 6.89. The molecule has 0 saturated carbocycles. The SMILES string of the molecule is CC(NC(=O)C(N)CC(=O)O)C(=O)NC(CS)C(=O)NC(CCCN=C(N)N)C(=O)O. The van der Waals surface area contributed by atoms with Crippen LogP contribution in [0.1, 0.15) is 26.2 Å². The lowest BCUT2D eigenvalue weighted by atomic mass is 10.1. The maximum absolute atomic E-state index is 12.4. The van der Waals surface area contributed by atoms with Crippen molar-refractivity contribution in [2.75, 3.05) is 12.3 Å². The van der Waals surface area contributed by atoms with Crippen molar-refractivity contribution in [3.05, 3.63) is 0 Å². The van der Waals surface area contributed by atoms with Crippen LogP contribution in [0.25, 0.3) is 0 Å². The summed E-state index contributed by atoms with van der Waals surface area (Å²) in [7, 11) is 0. The number of nitrogens with two attached hydrogens (primary N) is 3. The number of carboxylic acid groups (broad SMARTS) is 2. The lowest BCUT2D eigenvalue weighted by Crippen LogP contribution is -2.57. The zero-order valence-electron chi connectivity index (χ0n) is 16.9. The Hall–Kier alpha value is -3.07. The molecule has 0 radical (unpaired) electrons. The van der Waals surface area contributed by atoms with Crippen molar-refractivity contribution < 1.29 is 34.2 Å². The maximum Gasteiger partial charge on any atom is 0.326 e. The highest BCUT2D eigenvalue weighted by molar-refractivity contribution is 7.80. The van der Waals surface area contributed by atoms with Gasteiger partial charge in [-0.3, -0.25) is 24.2 Å². The van der Waals surface area contributed by atoms with Crippen molar-refractivity contribution in [3.63, 3.8) is 0 Å². The van der Waals surface area contributed by atoms with Gasteiger partial charge in [0.15, 0.2) is 5.96 Å². The van der Waals surface area contributed by atoms with Gasteiger partial charge in [-0.25, -0.2) is 4.79 Å². The number of carbonyl (C=O) groups excluding carboxylic acids is 3. The molecule has 0 saturated heterocycles. The molecule has 0 spiro atoms. The summed E-state index contributed by atoms with van der Waals surface area (Å²) in [6.07, 6.45) is -0.298. The number of guanidine groups is 1. The Balaban J connectivity index is 4.82. The van der Waals surface area contributed by atoms with Crippen LogP contribution < -0.4 is 33.2 Å². The first kappa shape index (κ1) is 27.9. The van der Waals surface area contributed by atoms with Crippen molar-refractivity contribution >= 4 is 48.2 Å². The van der Waals surface area contributed by atoms with Gasteiger partial charge in [-0.2, -0.15) is 12.6 Å². The van der Waals surface area contributed by atoms with E-state index >= 15 is 0 Å². The van der Waals surface area contributed by atoms with E-state index in [0.717, 1.165) is 0 Å². The van der Waals surface area contributed by atoms with Crippen LogP contribution in [-0.4, -0.2) is 82.3 Å². The number of amides is 3. The Bertz CT molecular complexity index is 700. The molecule has 4 unspecified atom stereocenters. The van der Waals surface area contributed by atoms with E-state index in [1.807, 2.05) is 0 Å². The second kappa shape index (κ2) is 14.0. The molecular weight excluding hydrogens is 434 g/mol. The van der Waals surface area contributed by atoms with Gasteiger partial charge in [0.25, 0.3) is 0 Å². The second-order valence-electron chi connectivity index (χ2n) is 6.53. The number of nitrogens with zero attached hydrogens (tertiary/aromatic N) is 1. The Labute approximate surface area is 183 Å². The third kappa shape index (κ3) is 11.6. The van der Waals surface area contributed by atoms with E-state index in [0.29, 0.717) is 0 Å². The van der Waals surface area contributed by atoms with E-state index in [2.05, 4.69) is 33.6 Å². The quantitative estimate of drug-likeness (QED) is 0.0528. The molecule has 176 valence electrons. The lowest BCUT2D eigenvalue weighted by molar-refractivity contribution is -0.142. The normalized spacial score (nSPS) is 14.3. The molecule has 0 bridgehead atoms. The number of hydrogen-bond acceptors (Lipinski definition) is 8. The standard InChI is InChI=1S/C16H29N7O7S/c1-7(21-13(27)8(17)5-11(24)25)12(26)23-10(6-31)14(28)22-9(15(29)30)3-2-4-20-16(18)19/h7-10,31H,2-6,17H2,1H3,(H,21,27)(H,22,28)(H,23,26)(H,24,25)(H,29,30)(H4,18,19,20). The number of aliphatic imine (C=N–C) groups is 1. The van der Waals surface area contributed by atoms with Gasteiger partial charge in [0.05, 0.1) is 12.5 Å². The summed E-state index contributed by atoms with van der Waals surface area (Å²) < 4.78 is 0. The summed E-state index contributed by atoms with van der Waals surface area (Å²) in [5.74, 6) is -5.28. The summed E-state index contributed by atoms with van der Waals surface area (Å²) >= 11 is 3.98. The Morgan fingerprint density at radius 2 is 1.55 bits per heavy atom. The molecule has 3 amide bonds. The highest BCUT2D eigenvalue weighted by Crippen LogP contribution is 2.01. The Morgan fingerprint density at radius 3 is 2.03 bits per heavy atom. The first-order chi connectivity index (χ1) is 14.4. The average molecular weight is 464 g/mol. The number of aliphatic carboxylic acids is 2. The van der Waals surface area contributed by atoms with Gasteiger partial charge in [0.2, 0.25) is 17.7 Å². The number of carboxylic acids is 2. The average Bonchev–Trinajstić information content (AvgIpc) is 2.66. The van der Waals surface area contributed by atoms with Gasteiger partial charge in [0.1, 0.15) is 18.1 Å². The third-order valence-electron chi connectivity index (χ3n) is 3.86. The van der Waals surface area contributed by atoms with E-state index < -0.39 is 60.2 Å². The smallest absolute Gasteiger partial charge is 0.326 e. The Kier molecular flexibility index (Phi) is 12.6. The van der Waals surface area contributed by atoms with E-state index in [9.17, 15) is 29.1 Å². The number of nitrogens with one attached hydrogen (secondary N) is 3. The number of carbonyl (C=O) groups is 5. The van der Waals surface area contributed by atoms with Gasteiger partial charge >= 0.3 is 11.9 Å². The van der Waals surface area contributed by atoms with Gasteiger partial charge < -0.3 is 43.4 Å². The van der Waals surface area contributed by atoms with Crippen LogP contribution in [0.5, 0.6) is 0 Å². The van der Waals surface area contributed by atoms with Crippen molar-refractivity contribution in [1.29, 1.82) is 0 Å². The van der Waals surface area contributed by atoms with E-state index in [1.165, 1.54) is 6.92 Å². The molecule has 15 heteroatoms. The summed E-state index contributed by atoms with van der Waals surface area (Å²) in [5, 5.41) is 24.8. The zero-order valence-corrected chi connectivity index (χ0v) is 17.8. The minimum absolute atomic E-state index is 0.0407. The number of hydrogen-bond donors (Lipinski definition) is 9. The molecule has 0 aliphatic heterocycles. The first-order valence-electron chi connectivity index (χ1n) is 9.16. The van der Waals surface area contributed by atoms with Gasteiger partial charge in [-0.15, -0.1) is 0 Å². The zero-order chi connectivity index (χ0) is 24.1. The van der Waals surface area contributed by atoms with E-state index in [1.54, 1.807) is 0 Å². The van der Waals surface area contributed by atoms with Crippen LogP contribution in [0.15, 0.2) is 4.99 Å². The molecule has 0 aromatic heterocycles. The summed E-state index contributed by atoms with van der Waals surface area (Å²) in [6.45, 7) is 1.48. The lowest BCUT2D eigenvalue weighted by Gasteiger charge is -2.22. The molecule has 14 nitrogen and oxygen atoms in total. The number of rotatable bonds is 14. The predicted octanol–water partition coefficient (Wildman–Crippen LogP) is -3.67. The topological polar surface area (TPSA) is 252 Å². The minimum atomic E-state index is -1.35. The predicted molar refractivity (Wildman–Crippen MR) is 113 cm³/mol. The molecule has 0 aliphatic rings. The molecular formula is C16H29N7O7S. The van der Waals surface area contributed by atoms with Crippen LogP contribution in [-0.2, 0) is 24.0 Å². The summed E-state index contributed by atoms with van der Waals surface area (Å²) in [4.78, 5) is 62.1. The van der Waals surface area contributed by atoms with Crippen molar-refractivity contribution in [1.82, 2.24) is 16.0 Å². The monoisotopic (exact) mass is 463 g/mol. The van der Waals surface area contributed by atoms with Crippen molar-refractivity contribution in [2.24, 2.45) is 22.2 Å². The van der Waals surface area contributed by atoms with Gasteiger partial charge in [-0.05, 0) is 19.8 Å². The molecule has 0 aromatic carbocycles. The summed E-state index contributed by atoms with van der Waals surface area (Å²) in [5.41, 5.74) is 15.8. The van der Waals surface area contributed by atoms with E-state index in [-0.39, 0.29) is 31.1 Å². The molecule has 0 heterocycles. The minimum Gasteiger partial charge on any atom is -0.481 e. The maximum atomic E-state index is 12.4. The molecule has 0 aromatic rings. The van der Waals surface area contributed by atoms with Crippen LogP contribution in [0.4, 0.5) is 0 Å². The fraction of sp³-hybridized carbons (Fsp3) is 0.625. The number of thiol groups is 1. The van der Waals surface area contributed by atoms with Crippen molar-refractivity contribution in [3.8, 4) is 0 Å². The Morgan fingerprint density at radius 1 is 0.968 bits per heavy atom. The van der Waals surface area contributed by atoms with Crippen LogP contribution in [0.2, 0.25) is 0 Å². The van der Waals surface area contributed by atoms with Crippen LogP contribution >= 0.6 is 12.6 Å². The van der Waals surface area contributed by atoms with Gasteiger partial charge in [0, 0.05) is 12.3 Å². The van der Waals surface area contributed by atoms with Crippen LogP contribution in [0.3, 0.4) is 0 Å². The van der Waals surface area contributed by atoms with E-state index in [4.69, 9.17) is 22.3 Å². The fourth-order valence-corrected chi connectivity index (χ4v) is 2.45. The highest BCUT2D eigenvalue weighted by Gasteiger charge is 2.28. The fourth-order valence-electron chi connectivity index (χ4n) is 2.19. The molecule has 4 atom stereocenters.